The average Bonchev–Trinajstić information content (AvgIpc) is 2.42. The Bertz CT molecular complexity index is 597. The van der Waals surface area contributed by atoms with Crippen LogP contribution in [0.15, 0.2) is 36.4 Å². The number of benzene rings is 2. The van der Waals surface area contributed by atoms with Gasteiger partial charge in [-0.15, -0.1) is 0 Å². The molecule has 0 bridgehead atoms. The third-order valence-corrected chi connectivity index (χ3v) is 2.64. The second-order valence-corrected chi connectivity index (χ2v) is 3.91. The van der Waals surface area contributed by atoms with Crippen LogP contribution in [0.5, 0.6) is 0 Å². The van der Waals surface area contributed by atoms with Gasteiger partial charge in [0.05, 0.1) is 0 Å². The number of carbonyl (C=O) groups is 1. The maximum atomic E-state index is 13.4. The molecule has 0 N–H and O–H groups in total. The van der Waals surface area contributed by atoms with E-state index in [4.69, 9.17) is 0 Å². The van der Waals surface area contributed by atoms with E-state index in [-0.39, 0.29) is 11.6 Å². The van der Waals surface area contributed by atoms with E-state index >= 15 is 0 Å². The van der Waals surface area contributed by atoms with Gasteiger partial charge in [-0.3, -0.25) is 4.79 Å². The van der Waals surface area contributed by atoms with Gasteiger partial charge in [-0.05, 0) is 0 Å². The van der Waals surface area contributed by atoms with Crippen molar-refractivity contribution in [2.24, 2.45) is 0 Å². The summed E-state index contributed by atoms with van der Waals surface area (Å²) in [6.07, 6.45) is -0.740. The summed E-state index contributed by atoms with van der Waals surface area (Å²) in [5, 5.41) is 0. The normalized spacial score (nSPS) is 10.5. The highest BCUT2D eigenvalue weighted by Gasteiger charge is 2.21. The fourth-order valence-corrected chi connectivity index (χ4v) is 1.66. The molecule has 0 unspecified atom stereocenters. The Labute approximate surface area is 106 Å². The van der Waals surface area contributed by atoms with Gasteiger partial charge in [-0.25, -0.2) is 17.6 Å². The first-order valence-electron chi connectivity index (χ1n) is 5.41. The number of halogens is 4. The van der Waals surface area contributed by atoms with Crippen molar-refractivity contribution in [2.45, 2.75) is 6.42 Å². The zero-order valence-electron chi connectivity index (χ0n) is 9.59. The molecule has 2 aromatic rings. The molecule has 2 rings (SSSR count). The minimum atomic E-state index is -1.54. The maximum Gasteiger partial charge on any atom is 0.167 e. The number of rotatable bonds is 3. The van der Waals surface area contributed by atoms with E-state index in [2.05, 4.69) is 0 Å². The van der Waals surface area contributed by atoms with Crippen LogP contribution in [-0.4, -0.2) is 5.78 Å². The summed E-state index contributed by atoms with van der Waals surface area (Å²) in [4.78, 5) is 11.8. The first-order valence-corrected chi connectivity index (χ1v) is 5.41. The summed E-state index contributed by atoms with van der Waals surface area (Å²) < 4.78 is 52.7. The minimum absolute atomic E-state index is 0.112. The van der Waals surface area contributed by atoms with Gasteiger partial charge < -0.3 is 0 Å². The molecule has 98 valence electrons. The van der Waals surface area contributed by atoms with Crippen LogP contribution in [0.2, 0.25) is 0 Å². The Hall–Kier alpha value is -2.17. The molecule has 0 aliphatic carbocycles. The molecule has 0 aliphatic rings. The van der Waals surface area contributed by atoms with E-state index in [0.29, 0.717) is 0 Å². The summed E-state index contributed by atoms with van der Waals surface area (Å²) >= 11 is 0. The largest absolute Gasteiger partial charge is 0.294 e. The quantitative estimate of drug-likeness (QED) is 0.471. The number of ketones is 1. The molecular weight excluding hydrogens is 260 g/mol. The first-order chi connectivity index (χ1) is 9.00. The van der Waals surface area contributed by atoms with Gasteiger partial charge in [-0.2, -0.15) is 0 Å². The van der Waals surface area contributed by atoms with E-state index in [0.717, 1.165) is 0 Å². The molecule has 0 aliphatic heterocycles. The van der Waals surface area contributed by atoms with Crippen molar-refractivity contribution in [1.29, 1.82) is 0 Å². The summed E-state index contributed by atoms with van der Waals surface area (Å²) in [6.45, 7) is 0. The minimum Gasteiger partial charge on any atom is -0.294 e. The van der Waals surface area contributed by atoms with Crippen molar-refractivity contribution in [3.05, 3.63) is 70.8 Å². The van der Waals surface area contributed by atoms with Crippen LogP contribution in [0.4, 0.5) is 17.6 Å². The molecule has 0 radical (unpaired) electrons. The van der Waals surface area contributed by atoms with Gasteiger partial charge in [0, 0.05) is 23.6 Å². The molecular formula is C14H8F4O. The van der Waals surface area contributed by atoms with Crippen molar-refractivity contribution < 1.29 is 22.4 Å². The summed E-state index contributed by atoms with van der Waals surface area (Å²) in [5.41, 5.74) is -0.683. The van der Waals surface area contributed by atoms with Gasteiger partial charge >= 0.3 is 0 Å². The monoisotopic (exact) mass is 268 g/mol. The molecule has 0 heterocycles. The Morgan fingerprint density at radius 1 is 0.895 bits per heavy atom. The summed E-state index contributed by atoms with van der Waals surface area (Å²) in [6, 6.07) is 7.83. The molecule has 0 atom stereocenters. The maximum absolute atomic E-state index is 13.4. The number of hydrogen-bond donors (Lipinski definition) is 0. The lowest BCUT2D eigenvalue weighted by Gasteiger charge is -2.06. The summed E-state index contributed by atoms with van der Waals surface area (Å²) in [7, 11) is 0. The average molecular weight is 268 g/mol. The van der Waals surface area contributed by atoms with Crippen LogP contribution in [0.25, 0.3) is 0 Å². The first kappa shape index (κ1) is 13.3. The second-order valence-electron chi connectivity index (χ2n) is 3.91. The SMILES string of the molecule is O=C(Cc1c(F)c(F)cc(F)c1F)c1ccccc1. The standard InChI is InChI=1S/C14H8F4O/c15-10-7-11(16)14(18)9(13(10)17)6-12(19)8-4-2-1-3-5-8/h1-5,7H,6H2. The van der Waals surface area contributed by atoms with Crippen LogP contribution in [-0.2, 0) is 6.42 Å². The van der Waals surface area contributed by atoms with E-state index in [1.54, 1.807) is 18.2 Å². The molecule has 0 saturated carbocycles. The van der Waals surface area contributed by atoms with Crippen LogP contribution < -0.4 is 0 Å². The number of Topliss-reactive ketones (excluding diaryl/α,β-unsaturated/α-hetero) is 1. The Kier molecular flexibility index (Phi) is 3.64. The highest BCUT2D eigenvalue weighted by molar-refractivity contribution is 5.97. The van der Waals surface area contributed by atoms with Crippen molar-refractivity contribution in [2.75, 3.05) is 0 Å². The van der Waals surface area contributed by atoms with Gasteiger partial charge in [-0.1, -0.05) is 30.3 Å². The smallest absolute Gasteiger partial charge is 0.167 e. The van der Waals surface area contributed by atoms with Crippen molar-refractivity contribution in [3.63, 3.8) is 0 Å². The van der Waals surface area contributed by atoms with Gasteiger partial charge in [0.25, 0.3) is 0 Å². The molecule has 0 amide bonds. The van der Waals surface area contributed by atoms with E-state index in [9.17, 15) is 22.4 Å². The Morgan fingerprint density at radius 2 is 1.42 bits per heavy atom. The molecule has 2 aromatic carbocycles. The van der Waals surface area contributed by atoms with Crippen LogP contribution in [0, 0.1) is 23.3 Å². The van der Waals surface area contributed by atoms with Crippen LogP contribution in [0.3, 0.4) is 0 Å². The molecule has 0 fully saturated rings. The van der Waals surface area contributed by atoms with Crippen molar-refractivity contribution >= 4 is 5.78 Å². The van der Waals surface area contributed by atoms with Crippen LogP contribution >= 0.6 is 0 Å². The fourth-order valence-electron chi connectivity index (χ4n) is 1.66. The zero-order valence-corrected chi connectivity index (χ0v) is 9.59. The molecule has 0 aromatic heterocycles. The van der Waals surface area contributed by atoms with Crippen molar-refractivity contribution in [1.82, 2.24) is 0 Å². The molecule has 19 heavy (non-hydrogen) atoms. The molecule has 1 nitrogen and oxygen atoms in total. The second kappa shape index (κ2) is 5.22. The highest BCUT2D eigenvalue weighted by atomic mass is 19.2. The highest BCUT2D eigenvalue weighted by Crippen LogP contribution is 2.21. The van der Waals surface area contributed by atoms with Crippen LogP contribution in [0.1, 0.15) is 15.9 Å². The van der Waals surface area contributed by atoms with E-state index in [1.165, 1.54) is 12.1 Å². The zero-order chi connectivity index (χ0) is 14.0. The van der Waals surface area contributed by atoms with Crippen molar-refractivity contribution in [3.8, 4) is 0 Å². The molecule has 5 heteroatoms. The lowest BCUT2D eigenvalue weighted by molar-refractivity contribution is 0.0990. The molecule has 0 saturated heterocycles. The van der Waals surface area contributed by atoms with E-state index < -0.39 is 41.0 Å². The predicted molar refractivity (Wildman–Crippen MR) is 60.8 cm³/mol. The Balaban J connectivity index is 2.37. The Morgan fingerprint density at radius 3 is 1.95 bits per heavy atom. The lowest BCUT2D eigenvalue weighted by atomic mass is 10.0. The fraction of sp³-hybridized carbons (Fsp3) is 0.0714. The van der Waals surface area contributed by atoms with Gasteiger partial charge in [0.1, 0.15) is 0 Å². The summed E-state index contributed by atoms with van der Waals surface area (Å²) in [5.74, 6) is -6.74. The third-order valence-electron chi connectivity index (χ3n) is 2.64. The van der Waals surface area contributed by atoms with E-state index in [1.807, 2.05) is 0 Å². The topological polar surface area (TPSA) is 17.1 Å². The van der Waals surface area contributed by atoms with Gasteiger partial charge in [0.2, 0.25) is 0 Å². The number of hydrogen-bond acceptors (Lipinski definition) is 1. The van der Waals surface area contributed by atoms with Gasteiger partial charge in [0.15, 0.2) is 29.1 Å². The number of carbonyl (C=O) groups excluding carboxylic acids is 1. The molecule has 0 spiro atoms. The predicted octanol–water partition coefficient (Wildman–Crippen LogP) is 3.67. The lowest BCUT2D eigenvalue weighted by Crippen LogP contribution is -2.10. The third kappa shape index (κ3) is 2.65.